The van der Waals surface area contributed by atoms with Crippen molar-refractivity contribution in [2.45, 2.75) is 19.3 Å². The monoisotopic (exact) mass is 649 g/mol. The number of benzene rings is 8. The lowest BCUT2D eigenvalue weighted by Crippen LogP contribution is -2.16. The molecule has 2 aliphatic rings. The maximum atomic E-state index is 6.87. The molecule has 0 unspecified atom stereocenters. The van der Waals surface area contributed by atoms with Gasteiger partial charge in [-0.15, -0.1) is 0 Å². The number of hydrogen-bond donors (Lipinski definition) is 0. The molecule has 0 atom stereocenters. The van der Waals surface area contributed by atoms with Crippen molar-refractivity contribution < 1.29 is 4.42 Å². The van der Waals surface area contributed by atoms with Crippen LogP contribution in [0, 0.1) is 0 Å². The van der Waals surface area contributed by atoms with Gasteiger partial charge in [-0.05, 0) is 85.1 Å². The van der Waals surface area contributed by atoms with E-state index in [0.29, 0.717) is 0 Å². The topological polar surface area (TPSA) is 18.1 Å². The van der Waals surface area contributed by atoms with Gasteiger partial charge in [0.2, 0.25) is 0 Å². The van der Waals surface area contributed by atoms with Crippen LogP contribution < -0.4 is 0 Å². The van der Waals surface area contributed by atoms with E-state index in [1.54, 1.807) is 0 Å². The summed E-state index contributed by atoms with van der Waals surface area (Å²) in [5.74, 6) is 0. The summed E-state index contributed by atoms with van der Waals surface area (Å²) in [7, 11) is 0. The molecule has 8 aromatic carbocycles. The van der Waals surface area contributed by atoms with Crippen LogP contribution in [0.15, 0.2) is 156 Å². The first-order chi connectivity index (χ1) is 25.1. The number of rotatable bonds is 2. The van der Waals surface area contributed by atoms with E-state index in [0.717, 1.165) is 22.2 Å². The van der Waals surface area contributed by atoms with Gasteiger partial charge in [-0.1, -0.05) is 141 Å². The van der Waals surface area contributed by atoms with E-state index in [-0.39, 0.29) is 5.41 Å². The molecule has 0 radical (unpaired) electrons. The zero-order valence-electron chi connectivity index (χ0n) is 28.3. The first kappa shape index (κ1) is 27.4. The van der Waals surface area contributed by atoms with E-state index in [1.165, 1.54) is 93.6 Å². The summed E-state index contributed by atoms with van der Waals surface area (Å²) < 4.78 is 9.41. The first-order valence-corrected chi connectivity index (χ1v) is 17.9. The average Bonchev–Trinajstić information content (AvgIpc) is 3.88. The van der Waals surface area contributed by atoms with Gasteiger partial charge in [-0.3, -0.25) is 0 Å². The van der Waals surface area contributed by atoms with Crippen LogP contribution in [0.3, 0.4) is 0 Å². The largest absolute Gasteiger partial charge is 0.455 e. The predicted octanol–water partition coefficient (Wildman–Crippen LogP) is 13.5. The van der Waals surface area contributed by atoms with E-state index in [1.807, 2.05) is 0 Å². The van der Waals surface area contributed by atoms with Crippen molar-refractivity contribution in [1.82, 2.24) is 4.57 Å². The lowest BCUT2D eigenvalue weighted by Gasteiger charge is -2.24. The molecule has 0 aliphatic heterocycles. The Hall–Kier alpha value is -6.38. The van der Waals surface area contributed by atoms with E-state index in [4.69, 9.17) is 4.42 Å². The highest BCUT2D eigenvalue weighted by Gasteiger charge is 2.41. The molecular formula is C49H31NO. The quantitative estimate of drug-likeness (QED) is 0.182. The van der Waals surface area contributed by atoms with Gasteiger partial charge in [0.25, 0.3) is 0 Å². The Morgan fingerprint density at radius 3 is 2.00 bits per heavy atom. The maximum absolute atomic E-state index is 6.87. The highest BCUT2D eigenvalue weighted by Crippen LogP contribution is 2.58. The molecule has 2 heteroatoms. The van der Waals surface area contributed by atoms with Gasteiger partial charge in [-0.2, -0.15) is 0 Å². The van der Waals surface area contributed by atoms with Crippen LogP contribution in [0.1, 0.15) is 25.0 Å². The summed E-state index contributed by atoms with van der Waals surface area (Å²) in [6.07, 6.45) is 0. The molecule has 2 nitrogen and oxygen atoms in total. The fraction of sp³-hybridized carbons (Fsp3) is 0.0612. The zero-order chi connectivity index (χ0) is 33.6. The zero-order valence-corrected chi connectivity index (χ0v) is 28.3. The number of furan rings is 1. The highest BCUT2D eigenvalue weighted by atomic mass is 16.3. The Bertz CT molecular complexity index is 3140. The molecule has 12 rings (SSSR count). The lowest BCUT2D eigenvalue weighted by molar-refractivity contribution is 0.656. The molecule has 0 fully saturated rings. The summed E-state index contributed by atoms with van der Waals surface area (Å²) in [6.45, 7) is 4.77. The van der Waals surface area contributed by atoms with Crippen molar-refractivity contribution in [3.63, 3.8) is 0 Å². The first-order valence-electron chi connectivity index (χ1n) is 17.9. The Morgan fingerprint density at radius 2 is 1.14 bits per heavy atom. The SMILES string of the molecule is CC1(C)c2ccccc2-c2c1c1c(c3ccccc3n1-c1cccc(-c3ccc4c5c(cccc35)-c3ccccc3-4)c1)c1c2oc2ccccc21. The maximum Gasteiger partial charge on any atom is 0.144 e. The molecule has 0 saturated carbocycles. The average molecular weight is 650 g/mol. The highest BCUT2D eigenvalue weighted by molar-refractivity contribution is 6.32. The van der Waals surface area contributed by atoms with Crippen LogP contribution in [0.4, 0.5) is 0 Å². The van der Waals surface area contributed by atoms with Crippen LogP contribution in [0.25, 0.3) is 105 Å². The second-order valence-corrected chi connectivity index (χ2v) is 14.8. The molecule has 238 valence electrons. The summed E-state index contributed by atoms with van der Waals surface area (Å²) in [5, 5.41) is 7.51. The van der Waals surface area contributed by atoms with Gasteiger partial charge in [0.15, 0.2) is 0 Å². The second-order valence-electron chi connectivity index (χ2n) is 14.8. The van der Waals surface area contributed by atoms with Crippen LogP contribution in [-0.2, 0) is 5.41 Å². The molecule has 0 spiro atoms. The van der Waals surface area contributed by atoms with Gasteiger partial charge in [0, 0.05) is 38.2 Å². The molecule has 2 aromatic heterocycles. The van der Waals surface area contributed by atoms with Crippen molar-refractivity contribution in [2.24, 2.45) is 0 Å². The van der Waals surface area contributed by atoms with Crippen LogP contribution in [0.2, 0.25) is 0 Å². The Kier molecular flexibility index (Phi) is 5.08. The Balaban J connectivity index is 1.21. The third-order valence-corrected chi connectivity index (χ3v) is 11.9. The molecule has 0 amide bonds. The molecular weight excluding hydrogens is 619 g/mol. The molecule has 0 saturated heterocycles. The van der Waals surface area contributed by atoms with E-state index in [2.05, 4.69) is 170 Å². The van der Waals surface area contributed by atoms with Crippen molar-refractivity contribution in [1.29, 1.82) is 0 Å². The van der Waals surface area contributed by atoms with Gasteiger partial charge < -0.3 is 8.98 Å². The van der Waals surface area contributed by atoms with Crippen molar-refractivity contribution in [3.05, 3.63) is 163 Å². The fourth-order valence-corrected chi connectivity index (χ4v) is 9.82. The smallest absolute Gasteiger partial charge is 0.144 e. The minimum Gasteiger partial charge on any atom is -0.455 e. The Morgan fingerprint density at radius 1 is 0.490 bits per heavy atom. The molecule has 51 heavy (non-hydrogen) atoms. The molecule has 2 aliphatic carbocycles. The van der Waals surface area contributed by atoms with Crippen molar-refractivity contribution in [2.75, 3.05) is 0 Å². The molecule has 0 bridgehead atoms. The molecule has 10 aromatic rings. The van der Waals surface area contributed by atoms with Crippen LogP contribution in [-0.4, -0.2) is 4.57 Å². The second kappa shape index (κ2) is 9.44. The predicted molar refractivity (Wildman–Crippen MR) is 213 cm³/mol. The number of para-hydroxylation sites is 2. The van der Waals surface area contributed by atoms with Gasteiger partial charge in [-0.25, -0.2) is 0 Å². The number of nitrogens with zero attached hydrogens (tertiary/aromatic N) is 1. The van der Waals surface area contributed by atoms with Crippen LogP contribution >= 0.6 is 0 Å². The molecule has 0 N–H and O–H groups in total. The minimum absolute atomic E-state index is 0.242. The fourth-order valence-electron chi connectivity index (χ4n) is 9.82. The van der Waals surface area contributed by atoms with Gasteiger partial charge in [0.05, 0.1) is 11.0 Å². The minimum atomic E-state index is -0.242. The normalized spacial score (nSPS) is 13.8. The van der Waals surface area contributed by atoms with Crippen LogP contribution in [0.5, 0.6) is 0 Å². The van der Waals surface area contributed by atoms with E-state index in [9.17, 15) is 0 Å². The summed E-state index contributed by atoms with van der Waals surface area (Å²) in [5.41, 5.74) is 18.2. The summed E-state index contributed by atoms with van der Waals surface area (Å²) in [4.78, 5) is 0. The van der Waals surface area contributed by atoms with Gasteiger partial charge in [0.1, 0.15) is 11.2 Å². The van der Waals surface area contributed by atoms with E-state index < -0.39 is 0 Å². The van der Waals surface area contributed by atoms with Crippen molar-refractivity contribution >= 4 is 54.5 Å². The summed E-state index contributed by atoms with van der Waals surface area (Å²) >= 11 is 0. The third-order valence-electron chi connectivity index (χ3n) is 11.9. The van der Waals surface area contributed by atoms with Gasteiger partial charge >= 0.3 is 0 Å². The Labute approximate surface area is 294 Å². The summed E-state index contributed by atoms with van der Waals surface area (Å²) in [6, 6.07) is 55.8. The third kappa shape index (κ3) is 3.33. The lowest BCUT2D eigenvalue weighted by atomic mass is 9.81. The number of fused-ring (bicyclic) bond motifs is 15. The standard InChI is InChI=1S/C49H31NO/c1-49(2)39-22-8-5-17-36(39)45-46(49)47-43(44-38-19-7-10-24-41(38)51-48(44)45)37-18-6-9-23-40(37)50(47)29-14-11-13-28(27-29)30-25-26-35-32-16-4-3-15-31(32)34-21-12-20-33(30)42(34)35/h3-27H,1-2H3. The van der Waals surface area contributed by atoms with Crippen molar-refractivity contribution in [3.8, 4) is 50.2 Å². The number of hydrogen-bond acceptors (Lipinski definition) is 1. The van der Waals surface area contributed by atoms with E-state index >= 15 is 0 Å². The molecule has 2 heterocycles. The number of aromatic nitrogens is 1.